The highest BCUT2D eigenvalue weighted by Gasteiger charge is 2.21. The van der Waals surface area contributed by atoms with Gasteiger partial charge in [0.15, 0.2) is 5.16 Å². The Hall–Kier alpha value is -1.64. The summed E-state index contributed by atoms with van der Waals surface area (Å²) >= 11 is 6.35. The van der Waals surface area contributed by atoms with Gasteiger partial charge in [0, 0.05) is 22.1 Å². The molecule has 2 aromatic heterocycles. The van der Waals surface area contributed by atoms with Crippen LogP contribution in [0.4, 0.5) is 5.69 Å². The van der Waals surface area contributed by atoms with Gasteiger partial charge in [-0.05, 0) is 61.9 Å². The molecule has 0 bridgehead atoms. The molecule has 1 aromatic carbocycles. The number of halogens is 1. The summed E-state index contributed by atoms with van der Waals surface area (Å²) in [5, 5.41) is 4.29. The molecule has 0 unspecified atom stereocenters. The minimum atomic E-state index is -0.116. The predicted octanol–water partition coefficient (Wildman–Crippen LogP) is 4.68. The summed E-state index contributed by atoms with van der Waals surface area (Å²) in [6, 6.07) is 5.73. The van der Waals surface area contributed by atoms with Crippen LogP contribution in [0, 0.1) is 6.92 Å². The van der Waals surface area contributed by atoms with Gasteiger partial charge in [-0.25, -0.2) is 4.98 Å². The maximum atomic E-state index is 12.9. The second-order valence-electron chi connectivity index (χ2n) is 6.95. The second kappa shape index (κ2) is 8.00. The molecule has 1 aliphatic rings. The van der Waals surface area contributed by atoms with Gasteiger partial charge in [0.05, 0.1) is 11.1 Å². The summed E-state index contributed by atoms with van der Waals surface area (Å²) in [6.45, 7) is 1.95. The molecule has 8 heteroatoms. The lowest BCUT2D eigenvalue weighted by molar-refractivity contribution is -0.113. The van der Waals surface area contributed by atoms with E-state index in [2.05, 4.69) is 21.2 Å². The molecule has 2 heterocycles. The van der Waals surface area contributed by atoms with Gasteiger partial charge in [0.25, 0.3) is 5.56 Å². The van der Waals surface area contributed by atoms with Crippen molar-refractivity contribution in [3.8, 4) is 0 Å². The largest absolute Gasteiger partial charge is 0.325 e. The molecule has 1 aliphatic carbocycles. The van der Waals surface area contributed by atoms with Gasteiger partial charge in [-0.1, -0.05) is 27.7 Å². The Morgan fingerprint density at radius 1 is 1.36 bits per heavy atom. The number of fused-ring (bicyclic) bond motifs is 3. The van der Waals surface area contributed by atoms with E-state index >= 15 is 0 Å². The number of anilines is 1. The van der Waals surface area contributed by atoms with Crippen molar-refractivity contribution < 1.29 is 4.79 Å². The highest BCUT2D eigenvalue weighted by molar-refractivity contribution is 9.10. The van der Waals surface area contributed by atoms with Crippen LogP contribution in [0.25, 0.3) is 10.2 Å². The number of hydrogen-bond acceptors (Lipinski definition) is 5. The van der Waals surface area contributed by atoms with Crippen LogP contribution in [-0.4, -0.2) is 21.2 Å². The van der Waals surface area contributed by atoms with Gasteiger partial charge >= 0.3 is 0 Å². The highest BCUT2D eigenvalue weighted by atomic mass is 79.9. The number of amides is 1. The zero-order valence-electron chi connectivity index (χ0n) is 15.7. The van der Waals surface area contributed by atoms with Crippen LogP contribution in [0.1, 0.15) is 28.8 Å². The van der Waals surface area contributed by atoms with Crippen molar-refractivity contribution in [2.24, 2.45) is 7.05 Å². The Kier molecular flexibility index (Phi) is 5.62. The quantitative estimate of drug-likeness (QED) is 0.437. The Labute approximate surface area is 179 Å². The van der Waals surface area contributed by atoms with Crippen molar-refractivity contribution >= 4 is 60.8 Å². The average Bonchev–Trinajstić information content (AvgIpc) is 3.04. The van der Waals surface area contributed by atoms with Gasteiger partial charge in [0.2, 0.25) is 5.91 Å². The Bertz CT molecular complexity index is 1140. The number of thioether (sulfide) groups is 1. The minimum Gasteiger partial charge on any atom is -0.325 e. The molecule has 28 heavy (non-hydrogen) atoms. The van der Waals surface area contributed by atoms with Crippen LogP contribution in [-0.2, 0) is 24.7 Å². The van der Waals surface area contributed by atoms with Gasteiger partial charge in [-0.15, -0.1) is 11.3 Å². The van der Waals surface area contributed by atoms with E-state index in [-0.39, 0.29) is 17.2 Å². The van der Waals surface area contributed by atoms with E-state index in [9.17, 15) is 9.59 Å². The van der Waals surface area contributed by atoms with E-state index in [0.717, 1.165) is 45.2 Å². The first-order valence-corrected chi connectivity index (χ1v) is 11.7. The van der Waals surface area contributed by atoms with E-state index in [1.807, 2.05) is 25.1 Å². The number of nitrogens with one attached hydrogen (secondary N) is 1. The van der Waals surface area contributed by atoms with Gasteiger partial charge in [-0.2, -0.15) is 0 Å². The predicted molar refractivity (Wildman–Crippen MR) is 120 cm³/mol. The molecule has 4 rings (SSSR count). The van der Waals surface area contributed by atoms with E-state index in [4.69, 9.17) is 4.98 Å². The Morgan fingerprint density at radius 3 is 2.93 bits per heavy atom. The summed E-state index contributed by atoms with van der Waals surface area (Å²) in [5.41, 5.74) is 2.97. The third-order valence-electron chi connectivity index (χ3n) is 4.95. The molecule has 0 saturated carbocycles. The number of thiophene rings is 1. The van der Waals surface area contributed by atoms with Crippen LogP contribution in [0.15, 0.2) is 32.6 Å². The van der Waals surface area contributed by atoms with Crippen molar-refractivity contribution in [3.05, 3.63) is 49.0 Å². The summed E-state index contributed by atoms with van der Waals surface area (Å²) in [6.07, 6.45) is 4.32. The minimum absolute atomic E-state index is 0.00365. The fourth-order valence-corrected chi connectivity index (χ4v) is 6.03. The van der Waals surface area contributed by atoms with Crippen LogP contribution in [0.3, 0.4) is 0 Å². The third-order valence-corrected chi connectivity index (χ3v) is 7.66. The molecule has 1 N–H and O–H groups in total. The molecular weight excluding hydrogens is 458 g/mol. The molecule has 0 spiro atoms. The van der Waals surface area contributed by atoms with E-state index in [1.54, 1.807) is 23.0 Å². The van der Waals surface area contributed by atoms with Crippen molar-refractivity contribution in [1.82, 2.24) is 9.55 Å². The molecule has 0 fully saturated rings. The van der Waals surface area contributed by atoms with Crippen molar-refractivity contribution in [1.29, 1.82) is 0 Å². The van der Waals surface area contributed by atoms with E-state index < -0.39 is 0 Å². The first-order chi connectivity index (χ1) is 13.4. The number of rotatable bonds is 4. The topological polar surface area (TPSA) is 64.0 Å². The number of carbonyl (C=O) groups excluding carboxylic acids is 1. The molecule has 3 aromatic rings. The van der Waals surface area contributed by atoms with Crippen LogP contribution >= 0.6 is 39.0 Å². The van der Waals surface area contributed by atoms with Crippen LogP contribution in [0.2, 0.25) is 0 Å². The fraction of sp³-hybridized carbons (Fsp3) is 0.350. The molecule has 0 aliphatic heterocycles. The maximum Gasteiger partial charge on any atom is 0.262 e. The van der Waals surface area contributed by atoms with Crippen molar-refractivity contribution in [3.63, 3.8) is 0 Å². The van der Waals surface area contributed by atoms with Crippen LogP contribution in [0.5, 0.6) is 0 Å². The van der Waals surface area contributed by atoms with E-state index in [1.165, 1.54) is 28.6 Å². The molecule has 146 valence electrons. The molecule has 0 radical (unpaired) electrons. The zero-order chi connectivity index (χ0) is 19.8. The Balaban J connectivity index is 1.54. The van der Waals surface area contributed by atoms with Crippen molar-refractivity contribution in [2.75, 3.05) is 11.1 Å². The lowest BCUT2D eigenvalue weighted by Crippen LogP contribution is -2.22. The first-order valence-electron chi connectivity index (χ1n) is 9.14. The summed E-state index contributed by atoms with van der Waals surface area (Å²) in [7, 11) is 1.74. The number of carbonyl (C=O) groups is 1. The SMILES string of the molecule is Cc1cc(Br)ccc1NC(=O)CSc1nc2sc3c(c2c(=O)n1C)CCCC3. The number of benzene rings is 1. The first kappa shape index (κ1) is 19.7. The third kappa shape index (κ3) is 3.77. The average molecular weight is 478 g/mol. The Morgan fingerprint density at radius 2 is 2.14 bits per heavy atom. The van der Waals surface area contributed by atoms with Crippen LogP contribution < -0.4 is 10.9 Å². The van der Waals surface area contributed by atoms with Crippen molar-refractivity contribution in [2.45, 2.75) is 37.8 Å². The monoisotopic (exact) mass is 477 g/mol. The zero-order valence-corrected chi connectivity index (χ0v) is 18.9. The normalized spacial score (nSPS) is 13.5. The summed E-state index contributed by atoms with van der Waals surface area (Å²) < 4.78 is 2.55. The fourth-order valence-electron chi connectivity index (χ4n) is 3.48. The summed E-state index contributed by atoms with van der Waals surface area (Å²) in [4.78, 5) is 32.1. The van der Waals surface area contributed by atoms with Gasteiger partial charge < -0.3 is 5.32 Å². The van der Waals surface area contributed by atoms with Gasteiger partial charge in [0.1, 0.15) is 4.83 Å². The highest BCUT2D eigenvalue weighted by Crippen LogP contribution is 2.34. The lowest BCUT2D eigenvalue weighted by atomic mass is 9.97. The maximum absolute atomic E-state index is 12.9. The lowest BCUT2D eigenvalue weighted by Gasteiger charge is -2.11. The van der Waals surface area contributed by atoms with E-state index in [0.29, 0.717) is 5.16 Å². The molecule has 0 saturated heterocycles. The van der Waals surface area contributed by atoms with Gasteiger partial charge in [-0.3, -0.25) is 14.2 Å². The molecule has 5 nitrogen and oxygen atoms in total. The molecule has 0 atom stereocenters. The smallest absolute Gasteiger partial charge is 0.262 e. The second-order valence-corrected chi connectivity index (χ2v) is 9.89. The standard InChI is InChI=1S/C20H20BrN3O2S2/c1-11-9-12(21)7-8-14(11)22-16(25)10-27-20-23-18-17(19(26)24(20)2)13-5-3-4-6-15(13)28-18/h7-9H,3-6,10H2,1-2H3,(H,22,25). The number of aromatic nitrogens is 2. The molecule has 1 amide bonds. The number of aryl methyl sites for hydroxylation is 3. The summed E-state index contributed by atoms with van der Waals surface area (Å²) in [5.74, 6) is 0.0853. The number of nitrogens with zero attached hydrogens (tertiary/aromatic N) is 2. The number of hydrogen-bond donors (Lipinski definition) is 1. The molecular formula is C20H20BrN3O2S2.